The van der Waals surface area contributed by atoms with E-state index in [0.29, 0.717) is 11.5 Å². The van der Waals surface area contributed by atoms with Crippen LogP contribution in [0.3, 0.4) is 0 Å². The molecule has 1 heterocycles. The number of ether oxygens (including phenoxy) is 1. The van der Waals surface area contributed by atoms with Crippen LogP contribution in [0.5, 0.6) is 5.75 Å². The Kier molecular flexibility index (Phi) is 5.00. The molecule has 0 saturated heterocycles. The van der Waals surface area contributed by atoms with Gasteiger partial charge in [-0.05, 0) is 32.9 Å². The number of aryl methyl sites for hydroxylation is 2. The van der Waals surface area contributed by atoms with Gasteiger partial charge in [0.15, 0.2) is 0 Å². The summed E-state index contributed by atoms with van der Waals surface area (Å²) in [5, 5.41) is 15.1. The average Bonchev–Trinajstić information content (AvgIpc) is 2.84. The van der Waals surface area contributed by atoms with E-state index in [1.165, 1.54) is 6.92 Å². The second-order valence-corrected chi connectivity index (χ2v) is 5.12. The summed E-state index contributed by atoms with van der Waals surface area (Å²) >= 11 is 0. The molecule has 7 heteroatoms. The number of carboxylic acids is 1. The SMILES string of the molecule is Cc1noc(C)c1COc1ccccc1C(=O)NC(C)C(=O)O. The van der Waals surface area contributed by atoms with E-state index in [1.54, 1.807) is 31.2 Å². The van der Waals surface area contributed by atoms with Crippen LogP contribution in [0.2, 0.25) is 0 Å². The van der Waals surface area contributed by atoms with E-state index in [9.17, 15) is 9.59 Å². The summed E-state index contributed by atoms with van der Waals surface area (Å²) in [6, 6.07) is 5.66. The molecule has 122 valence electrons. The summed E-state index contributed by atoms with van der Waals surface area (Å²) in [7, 11) is 0. The molecule has 1 amide bonds. The Morgan fingerprint density at radius 1 is 1.35 bits per heavy atom. The standard InChI is InChI=1S/C16H18N2O5/c1-9-13(11(3)23-18-9)8-22-14-7-5-4-6-12(14)15(19)17-10(2)16(20)21/h4-7,10H,8H2,1-3H3,(H,17,19)(H,20,21). The highest BCUT2D eigenvalue weighted by Crippen LogP contribution is 2.21. The van der Waals surface area contributed by atoms with Gasteiger partial charge >= 0.3 is 5.97 Å². The van der Waals surface area contributed by atoms with Gasteiger partial charge in [-0.25, -0.2) is 0 Å². The van der Waals surface area contributed by atoms with Crippen LogP contribution in [0.4, 0.5) is 0 Å². The number of carboxylic acid groups (broad SMARTS) is 1. The van der Waals surface area contributed by atoms with Crippen molar-refractivity contribution < 1.29 is 24.0 Å². The molecule has 0 bridgehead atoms. The average molecular weight is 318 g/mol. The molecule has 2 N–H and O–H groups in total. The summed E-state index contributed by atoms with van der Waals surface area (Å²) in [4.78, 5) is 23.0. The molecule has 2 aromatic rings. The first-order valence-electron chi connectivity index (χ1n) is 7.07. The van der Waals surface area contributed by atoms with Gasteiger partial charge < -0.3 is 19.7 Å². The van der Waals surface area contributed by atoms with Crippen molar-refractivity contribution in [2.45, 2.75) is 33.4 Å². The normalized spacial score (nSPS) is 11.8. The van der Waals surface area contributed by atoms with E-state index in [2.05, 4.69) is 10.5 Å². The Bertz CT molecular complexity index is 704. The summed E-state index contributed by atoms with van der Waals surface area (Å²) in [5.74, 6) is -0.590. The number of nitrogens with one attached hydrogen (secondary N) is 1. The van der Waals surface area contributed by atoms with Crippen molar-refractivity contribution in [1.29, 1.82) is 0 Å². The van der Waals surface area contributed by atoms with Gasteiger partial charge in [-0.1, -0.05) is 17.3 Å². The van der Waals surface area contributed by atoms with E-state index in [-0.39, 0.29) is 12.2 Å². The van der Waals surface area contributed by atoms with Gasteiger partial charge in [-0.3, -0.25) is 9.59 Å². The predicted molar refractivity (Wildman–Crippen MR) is 81.3 cm³/mol. The highest BCUT2D eigenvalue weighted by Gasteiger charge is 2.19. The van der Waals surface area contributed by atoms with Crippen LogP contribution in [-0.2, 0) is 11.4 Å². The fourth-order valence-electron chi connectivity index (χ4n) is 1.97. The second-order valence-electron chi connectivity index (χ2n) is 5.12. The van der Waals surface area contributed by atoms with Crippen molar-refractivity contribution in [3.05, 3.63) is 46.8 Å². The van der Waals surface area contributed by atoms with Crippen LogP contribution < -0.4 is 10.1 Å². The van der Waals surface area contributed by atoms with Crippen molar-refractivity contribution in [3.8, 4) is 5.75 Å². The Hall–Kier alpha value is -2.83. The molecule has 23 heavy (non-hydrogen) atoms. The molecule has 0 radical (unpaired) electrons. The molecule has 1 aromatic heterocycles. The van der Waals surface area contributed by atoms with E-state index in [4.69, 9.17) is 14.4 Å². The van der Waals surface area contributed by atoms with Crippen LogP contribution in [0.25, 0.3) is 0 Å². The minimum atomic E-state index is -1.10. The molecule has 1 atom stereocenters. The maximum absolute atomic E-state index is 12.2. The number of aliphatic carboxylic acids is 1. The number of nitrogens with zero attached hydrogens (tertiary/aromatic N) is 1. The summed E-state index contributed by atoms with van der Waals surface area (Å²) in [5.41, 5.74) is 1.82. The summed E-state index contributed by atoms with van der Waals surface area (Å²) in [6.45, 7) is 5.20. The fourth-order valence-corrected chi connectivity index (χ4v) is 1.97. The third-order valence-corrected chi connectivity index (χ3v) is 3.40. The lowest BCUT2D eigenvalue weighted by Gasteiger charge is -2.13. The molecule has 0 saturated carbocycles. The Morgan fingerprint density at radius 2 is 2.04 bits per heavy atom. The molecule has 0 aliphatic heterocycles. The predicted octanol–water partition coefficient (Wildman–Crippen LogP) is 2.07. The Balaban J connectivity index is 2.14. The number of carbonyl (C=O) groups excluding carboxylic acids is 1. The number of rotatable bonds is 6. The molecule has 7 nitrogen and oxygen atoms in total. The second kappa shape index (κ2) is 6.95. The van der Waals surface area contributed by atoms with Crippen molar-refractivity contribution in [3.63, 3.8) is 0 Å². The number of carbonyl (C=O) groups is 2. The van der Waals surface area contributed by atoms with Crippen molar-refractivity contribution in [1.82, 2.24) is 10.5 Å². The van der Waals surface area contributed by atoms with Crippen molar-refractivity contribution in [2.24, 2.45) is 0 Å². The first-order chi connectivity index (χ1) is 10.9. The first kappa shape index (κ1) is 16.5. The Morgan fingerprint density at radius 3 is 2.65 bits per heavy atom. The van der Waals surface area contributed by atoms with Crippen LogP contribution in [0, 0.1) is 13.8 Å². The maximum atomic E-state index is 12.2. The smallest absolute Gasteiger partial charge is 0.325 e. The van der Waals surface area contributed by atoms with Crippen LogP contribution in [0.1, 0.15) is 34.3 Å². The number of aromatic nitrogens is 1. The largest absolute Gasteiger partial charge is 0.488 e. The van der Waals surface area contributed by atoms with E-state index in [1.807, 2.05) is 6.92 Å². The minimum Gasteiger partial charge on any atom is -0.488 e. The molecule has 0 fully saturated rings. The molecule has 2 rings (SSSR count). The lowest BCUT2D eigenvalue weighted by molar-refractivity contribution is -0.138. The topological polar surface area (TPSA) is 102 Å². The maximum Gasteiger partial charge on any atom is 0.325 e. The van der Waals surface area contributed by atoms with Crippen LogP contribution >= 0.6 is 0 Å². The number of benzene rings is 1. The molecular formula is C16H18N2O5. The zero-order valence-electron chi connectivity index (χ0n) is 13.1. The number of hydrogen-bond donors (Lipinski definition) is 2. The number of amides is 1. The molecule has 0 spiro atoms. The molecule has 1 unspecified atom stereocenters. The summed E-state index contributed by atoms with van der Waals surface area (Å²) in [6.07, 6.45) is 0. The van der Waals surface area contributed by atoms with Gasteiger partial charge in [-0.2, -0.15) is 0 Å². The van der Waals surface area contributed by atoms with Gasteiger partial charge in [0.2, 0.25) is 0 Å². The first-order valence-corrected chi connectivity index (χ1v) is 7.07. The third-order valence-electron chi connectivity index (χ3n) is 3.40. The van der Waals surface area contributed by atoms with E-state index < -0.39 is 17.9 Å². The quantitative estimate of drug-likeness (QED) is 0.845. The highest BCUT2D eigenvalue weighted by atomic mass is 16.5. The molecule has 0 aliphatic rings. The zero-order chi connectivity index (χ0) is 17.0. The minimum absolute atomic E-state index is 0.208. The van der Waals surface area contributed by atoms with Crippen molar-refractivity contribution >= 4 is 11.9 Å². The molecule has 1 aromatic carbocycles. The van der Waals surface area contributed by atoms with Crippen LogP contribution in [0.15, 0.2) is 28.8 Å². The zero-order valence-corrected chi connectivity index (χ0v) is 13.1. The highest BCUT2D eigenvalue weighted by molar-refractivity contribution is 5.98. The monoisotopic (exact) mass is 318 g/mol. The van der Waals surface area contributed by atoms with Crippen LogP contribution in [-0.4, -0.2) is 28.2 Å². The molecular weight excluding hydrogens is 300 g/mol. The number of para-hydroxylation sites is 1. The van der Waals surface area contributed by atoms with E-state index in [0.717, 1.165) is 11.3 Å². The van der Waals surface area contributed by atoms with Gasteiger partial charge in [0.25, 0.3) is 5.91 Å². The lowest BCUT2D eigenvalue weighted by atomic mass is 10.1. The number of hydrogen-bond acceptors (Lipinski definition) is 5. The third kappa shape index (κ3) is 3.88. The fraction of sp³-hybridized carbons (Fsp3) is 0.312. The van der Waals surface area contributed by atoms with Gasteiger partial charge in [0.05, 0.1) is 16.8 Å². The van der Waals surface area contributed by atoms with Crippen molar-refractivity contribution in [2.75, 3.05) is 0 Å². The van der Waals surface area contributed by atoms with E-state index >= 15 is 0 Å². The van der Waals surface area contributed by atoms with Gasteiger partial charge in [0, 0.05) is 0 Å². The molecule has 0 aliphatic carbocycles. The summed E-state index contributed by atoms with van der Waals surface area (Å²) < 4.78 is 10.8. The lowest BCUT2D eigenvalue weighted by Crippen LogP contribution is -2.38. The van der Waals surface area contributed by atoms with Gasteiger partial charge in [0.1, 0.15) is 24.2 Å². The van der Waals surface area contributed by atoms with Gasteiger partial charge in [-0.15, -0.1) is 0 Å². The Labute approximate surface area is 133 Å².